The Kier molecular flexibility index (Phi) is 4.41. The van der Waals surface area contributed by atoms with Gasteiger partial charge in [0.2, 0.25) is 0 Å². The Morgan fingerprint density at radius 1 is 1.37 bits per heavy atom. The first-order valence-electron chi connectivity index (χ1n) is 5.82. The van der Waals surface area contributed by atoms with Gasteiger partial charge in [0, 0.05) is 11.4 Å². The van der Waals surface area contributed by atoms with E-state index in [2.05, 4.69) is 10.0 Å². The summed E-state index contributed by atoms with van der Waals surface area (Å²) in [4.78, 5) is 0.980. The Labute approximate surface area is 116 Å². The van der Waals surface area contributed by atoms with Crippen molar-refractivity contribution in [2.24, 2.45) is 0 Å². The minimum absolute atomic E-state index is 0.316. The van der Waals surface area contributed by atoms with Crippen LogP contribution in [0.2, 0.25) is 0 Å². The molecule has 2 heterocycles. The van der Waals surface area contributed by atoms with E-state index in [9.17, 15) is 8.42 Å². The smallest absolute Gasteiger partial charge is 0.250 e. The van der Waals surface area contributed by atoms with Crippen molar-refractivity contribution in [3.63, 3.8) is 0 Å². The largest absolute Gasteiger partial charge is 0.468 e. The predicted molar refractivity (Wildman–Crippen MR) is 74.5 cm³/mol. The van der Waals surface area contributed by atoms with Gasteiger partial charge in [0.25, 0.3) is 10.0 Å². The molecule has 2 aromatic heterocycles. The highest BCUT2D eigenvalue weighted by atomic mass is 32.2. The number of thiophene rings is 1. The van der Waals surface area contributed by atoms with E-state index in [1.807, 2.05) is 13.1 Å². The molecule has 2 aromatic rings. The lowest BCUT2D eigenvalue weighted by molar-refractivity contribution is 0.459. The van der Waals surface area contributed by atoms with Gasteiger partial charge in [0.1, 0.15) is 9.97 Å². The van der Waals surface area contributed by atoms with E-state index >= 15 is 0 Å². The highest BCUT2D eigenvalue weighted by Crippen LogP contribution is 2.23. The van der Waals surface area contributed by atoms with Crippen LogP contribution < -0.4 is 10.0 Å². The molecule has 7 heteroatoms. The average molecular weight is 300 g/mol. The fourth-order valence-corrected chi connectivity index (χ4v) is 4.25. The van der Waals surface area contributed by atoms with E-state index in [1.165, 1.54) is 17.6 Å². The molecule has 0 radical (unpaired) electrons. The fraction of sp³-hybridized carbons (Fsp3) is 0.333. The molecule has 0 amide bonds. The molecular weight excluding hydrogens is 284 g/mol. The van der Waals surface area contributed by atoms with Crippen molar-refractivity contribution in [1.29, 1.82) is 0 Å². The number of rotatable bonds is 6. The van der Waals surface area contributed by atoms with Crippen LogP contribution in [0.15, 0.2) is 39.2 Å². The molecule has 0 saturated carbocycles. The third-order valence-corrected chi connectivity index (χ3v) is 5.67. The lowest BCUT2D eigenvalue weighted by Gasteiger charge is -2.10. The summed E-state index contributed by atoms with van der Waals surface area (Å²) in [6, 6.07) is 6.52. The highest BCUT2D eigenvalue weighted by Gasteiger charge is 2.21. The summed E-state index contributed by atoms with van der Waals surface area (Å²) in [5.74, 6) is 0.593. The molecule has 0 aromatic carbocycles. The first-order valence-corrected chi connectivity index (χ1v) is 8.12. The summed E-state index contributed by atoms with van der Waals surface area (Å²) in [5, 5.41) is 2.99. The van der Waals surface area contributed by atoms with Gasteiger partial charge in [0.15, 0.2) is 0 Å². The maximum atomic E-state index is 12.2. The molecule has 19 heavy (non-hydrogen) atoms. The van der Waals surface area contributed by atoms with Crippen LogP contribution in [-0.4, -0.2) is 15.5 Å². The summed E-state index contributed by atoms with van der Waals surface area (Å²) < 4.78 is 32.5. The Hall–Kier alpha value is -1.15. The standard InChI is InChI=1S/C12H16N2O3S2/c1-9(11-4-3-7-17-11)14-19(15,16)12-6-5-10(18-12)8-13-2/h3-7,9,13-14H,8H2,1-2H3. The zero-order valence-electron chi connectivity index (χ0n) is 10.7. The molecule has 0 saturated heterocycles. The number of nitrogens with one attached hydrogen (secondary N) is 2. The lowest BCUT2D eigenvalue weighted by atomic mass is 10.3. The monoisotopic (exact) mass is 300 g/mol. The molecule has 0 aliphatic heterocycles. The van der Waals surface area contributed by atoms with Gasteiger partial charge < -0.3 is 9.73 Å². The third kappa shape index (κ3) is 3.44. The summed E-state index contributed by atoms with van der Waals surface area (Å²) in [5.41, 5.74) is 0. The molecule has 104 valence electrons. The molecule has 5 nitrogen and oxygen atoms in total. The van der Waals surface area contributed by atoms with Crippen molar-refractivity contribution in [3.05, 3.63) is 41.2 Å². The first-order chi connectivity index (χ1) is 9.03. The first kappa shape index (κ1) is 14.3. The topological polar surface area (TPSA) is 71.3 Å². The van der Waals surface area contributed by atoms with Gasteiger partial charge in [-0.3, -0.25) is 0 Å². The SMILES string of the molecule is CNCc1ccc(S(=O)(=O)NC(C)c2ccco2)s1. The molecular formula is C12H16N2O3S2. The number of furan rings is 1. The van der Waals surface area contributed by atoms with Gasteiger partial charge in [-0.15, -0.1) is 11.3 Å². The second-order valence-electron chi connectivity index (χ2n) is 4.11. The molecule has 0 aliphatic rings. The van der Waals surface area contributed by atoms with E-state index in [4.69, 9.17) is 4.42 Å². The molecule has 2 N–H and O–H groups in total. The Morgan fingerprint density at radius 2 is 2.16 bits per heavy atom. The van der Waals surface area contributed by atoms with Gasteiger partial charge in [-0.1, -0.05) is 0 Å². The van der Waals surface area contributed by atoms with Crippen LogP contribution in [0.4, 0.5) is 0 Å². The maximum absolute atomic E-state index is 12.2. The van der Waals surface area contributed by atoms with Gasteiger partial charge in [-0.25, -0.2) is 13.1 Å². The molecule has 2 rings (SSSR count). The zero-order valence-corrected chi connectivity index (χ0v) is 12.3. The van der Waals surface area contributed by atoms with Crippen LogP contribution in [0.5, 0.6) is 0 Å². The average Bonchev–Trinajstić information content (AvgIpc) is 2.99. The summed E-state index contributed by atoms with van der Waals surface area (Å²) >= 11 is 1.26. The van der Waals surface area contributed by atoms with E-state index in [1.54, 1.807) is 25.1 Å². The molecule has 0 fully saturated rings. The van der Waals surface area contributed by atoms with Crippen molar-refractivity contribution in [2.45, 2.75) is 23.7 Å². The van der Waals surface area contributed by atoms with E-state index in [0.29, 0.717) is 16.5 Å². The van der Waals surface area contributed by atoms with Crippen LogP contribution in [-0.2, 0) is 16.6 Å². The highest BCUT2D eigenvalue weighted by molar-refractivity contribution is 7.91. The summed E-state index contributed by atoms with van der Waals surface area (Å²) in [6.07, 6.45) is 1.52. The minimum atomic E-state index is -3.50. The van der Waals surface area contributed by atoms with Crippen molar-refractivity contribution in [1.82, 2.24) is 10.0 Å². The maximum Gasteiger partial charge on any atom is 0.250 e. The van der Waals surface area contributed by atoms with Gasteiger partial charge in [-0.2, -0.15) is 0 Å². The van der Waals surface area contributed by atoms with Gasteiger partial charge in [-0.05, 0) is 38.2 Å². The Balaban J connectivity index is 2.13. The van der Waals surface area contributed by atoms with Crippen LogP contribution >= 0.6 is 11.3 Å². The normalized spacial score (nSPS) is 13.6. The zero-order chi connectivity index (χ0) is 13.9. The lowest BCUT2D eigenvalue weighted by Crippen LogP contribution is -2.25. The second-order valence-corrected chi connectivity index (χ2v) is 7.22. The number of hydrogen-bond donors (Lipinski definition) is 2. The van der Waals surface area contributed by atoms with Gasteiger partial charge in [0.05, 0.1) is 12.3 Å². The van der Waals surface area contributed by atoms with Crippen molar-refractivity contribution in [3.8, 4) is 0 Å². The van der Waals surface area contributed by atoms with E-state index in [0.717, 1.165) is 4.88 Å². The Bertz CT molecular complexity index is 617. The molecule has 0 spiro atoms. The minimum Gasteiger partial charge on any atom is -0.468 e. The van der Waals surface area contributed by atoms with E-state index < -0.39 is 16.1 Å². The summed E-state index contributed by atoms with van der Waals surface area (Å²) in [7, 11) is -1.68. The van der Waals surface area contributed by atoms with E-state index in [-0.39, 0.29) is 0 Å². The molecule has 0 aliphatic carbocycles. The summed E-state index contributed by atoms with van der Waals surface area (Å²) in [6.45, 7) is 2.41. The molecule has 1 atom stereocenters. The van der Waals surface area contributed by atoms with Crippen LogP contribution in [0.25, 0.3) is 0 Å². The predicted octanol–water partition coefficient (Wildman–Crippen LogP) is 2.10. The van der Waals surface area contributed by atoms with Crippen molar-refractivity contribution >= 4 is 21.4 Å². The second kappa shape index (κ2) is 5.87. The third-order valence-electron chi connectivity index (χ3n) is 2.55. The Morgan fingerprint density at radius 3 is 2.79 bits per heavy atom. The molecule has 1 unspecified atom stereocenters. The quantitative estimate of drug-likeness (QED) is 0.857. The van der Waals surface area contributed by atoms with Gasteiger partial charge >= 0.3 is 0 Å². The fourth-order valence-electron chi connectivity index (χ4n) is 1.66. The van der Waals surface area contributed by atoms with Crippen molar-refractivity contribution < 1.29 is 12.8 Å². The van der Waals surface area contributed by atoms with Crippen LogP contribution in [0.1, 0.15) is 23.6 Å². The molecule has 0 bridgehead atoms. The number of hydrogen-bond acceptors (Lipinski definition) is 5. The van der Waals surface area contributed by atoms with Crippen LogP contribution in [0, 0.1) is 0 Å². The van der Waals surface area contributed by atoms with Crippen LogP contribution in [0.3, 0.4) is 0 Å². The van der Waals surface area contributed by atoms with Crippen molar-refractivity contribution in [2.75, 3.05) is 7.05 Å². The number of sulfonamides is 1.